The fraction of sp³-hybridized carbons (Fsp3) is 0.150. The summed E-state index contributed by atoms with van der Waals surface area (Å²) < 4.78 is 33.5. The molecule has 1 heterocycles. The van der Waals surface area contributed by atoms with Gasteiger partial charge in [-0.15, -0.1) is 0 Å². The third-order valence-electron chi connectivity index (χ3n) is 4.34. The Morgan fingerprint density at radius 3 is 2.53 bits per heavy atom. The summed E-state index contributed by atoms with van der Waals surface area (Å²) in [5.41, 5.74) is 1.86. The molecule has 0 saturated carbocycles. The van der Waals surface area contributed by atoms with Gasteiger partial charge in [0.05, 0.1) is 12.6 Å². The van der Waals surface area contributed by atoms with Crippen molar-refractivity contribution in [2.75, 3.05) is 6.54 Å². The number of hydrogen-bond donors (Lipinski definition) is 4. The van der Waals surface area contributed by atoms with E-state index in [1.807, 2.05) is 5.16 Å². The Labute approximate surface area is 183 Å². The van der Waals surface area contributed by atoms with Crippen LogP contribution in [0.15, 0.2) is 51.8 Å². The summed E-state index contributed by atoms with van der Waals surface area (Å²) >= 11 is 5.87. The smallest absolute Gasteiger partial charge is 0.333 e. The van der Waals surface area contributed by atoms with Gasteiger partial charge in [-0.05, 0) is 29.8 Å². The molecule has 0 aliphatic rings. The van der Waals surface area contributed by atoms with Crippen molar-refractivity contribution < 1.29 is 33.1 Å². The fourth-order valence-electron chi connectivity index (χ4n) is 2.80. The molecule has 2 aromatic carbocycles. The summed E-state index contributed by atoms with van der Waals surface area (Å²) in [6.07, 6.45) is -1.91. The van der Waals surface area contributed by atoms with E-state index in [2.05, 4.69) is 9.95 Å². The second-order valence-corrected chi connectivity index (χ2v) is 7.12. The number of nitrogens with zero attached hydrogens (tertiary/aromatic N) is 1. The van der Waals surface area contributed by atoms with Gasteiger partial charge in [-0.1, -0.05) is 23.7 Å². The number of aliphatic hydroxyl groups excluding tert-OH is 1. The number of aromatic nitrogens is 1. The second-order valence-electron chi connectivity index (χ2n) is 6.68. The highest BCUT2D eigenvalue weighted by Crippen LogP contribution is 2.27. The van der Waals surface area contributed by atoms with E-state index in [9.17, 15) is 28.3 Å². The topological polar surface area (TPSA) is 136 Å². The standard InChI is InChI=1S/C20H16ClF2N3O6/c21-12-3-4-14(22)13(6-12)10-1-2-11(15(23)5-10)8-26(9-16(27)20(30)31)24-19(29)17-7-18(28)25-32-17/h1-7,16,27H,8-9H2,(H,24,29)(H,25,28)(H,30,31). The number of aromatic amines is 1. The highest BCUT2D eigenvalue weighted by Gasteiger charge is 2.23. The number of H-pyrrole nitrogens is 1. The molecule has 168 valence electrons. The Bertz CT molecular complexity index is 1210. The number of nitrogens with one attached hydrogen (secondary N) is 2. The van der Waals surface area contributed by atoms with Crippen molar-refractivity contribution in [3.05, 3.63) is 80.8 Å². The van der Waals surface area contributed by atoms with E-state index in [0.29, 0.717) is 0 Å². The lowest BCUT2D eigenvalue weighted by molar-refractivity contribution is -0.148. The Kier molecular flexibility index (Phi) is 7.03. The molecule has 3 aromatic rings. The predicted octanol–water partition coefficient (Wildman–Crippen LogP) is 2.16. The molecular formula is C20H16ClF2N3O6. The molecule has 0 spiro atoms. The van der Waals surface area contributed by atoms with Crippen LogP contribution in [0.5, 0.6) is 0 Å². The van der Waals surface area contributed by atoms with Crippen LogP contribution in [0, 0.1) is 11.6 Å². The van der Waals surface area contributed by atoms with E-state index in [0.717, 1.165) is 23.2 Å². The third-order valence-corrected chi connectivity index (χ3v) is 4.57. The summed E-state index contributed by atoms with van der Waals surface area (Å²) in [6, 6.07) is 8.49. The molecule has 0 bridgehead atoms. The van der Waals surface area contributed by atoms with E-state index in [1.54, 1.807) is 0 Å². The highest BCUT2D eigenvalue weighted by molar-refractivity contribution is 6.30. The molecule has 1 amide bonds. The summed E-state index contributed by atoms with van der Waals surface area (Å²) in [5, 5.41) is 21.7. The first-order valence-electron chi connectivity index (χ1n) is 9.03. The van der Waals surface area contributed by atoms with Crippen LogP contribution < -0.4 is 11.0 Å². The number of aliphatic hydroxyl groups is 1. The summed E-state index contributed by atoms with van der Waals surface area (Å²) in [5.74, 6) is -4.28. The molecule has 1 atom stereocenters. The zero-order valence-electron chi connectivity index (χ0n) is 16.1. The second kappa shape index (κ2) is 9.73. The predicted molar refractivity (Wildman–Crippen MR) is 108 cm³/mol. The molecular weight excluding hydrogens is 452 g/mol. The summed E-state index contributed by atoms with van der Waals surface area (Å²) in [7, 11) is 0. The van der Waals surface area contributed by atoms with Gasteiger partial charge in [0.25, 0.3) is 5.56 Å². The molecule has 4 N–H and O–H groups in total. The first-order valence-corrected chi connectivity index (χ1v) is 9.41. The maximum absolute atomic E-state index is 14.7. The maximum Gasteiger partial charge on any atom is 0.333 e. The quantitative estimate of drug-likeness (QED) is 0.373. The van der Waals surface area contributed by atoms with E-state index < -0.39 is 47.5 Å². The van der Waals surface area contributed by atoms with Gasteiger partial charge in [0.1, 0.15) is 11.6 Å². The van der Waals surface area contributed by atoms with Crippen LogP contribution in [-0.4, -0.2) is 44.9 Å². The minimum atomic E-state index is -1.91. The van der Waals surface area contributed by atoms with Crippen molar-refractivity contribution in [3.63, 3.8) is 0 Å². The number of carbonyl (C=O) groups excluding carboxylic acids is 1. The van der Waals surface area contributed by atoms with Crippen molar-refractivity contribution in [2.45, 2.75) is 12.6 Å². The van der Waals surface area contributed by atoms with Gasteiger partial charge >= 0.3 is 11.9 Å². The molecule has 1 aromatic heterocycles. The fourth-order valence-corrected chi connectivity index (χ4v) is 2.97. The molecule has 1 unspecified atom stereocenters. The minimum Gasteiger partial charge on any atom is -0.479 e. The lowest BCUT2D eigenvalue weighted by Gasteiger charge is -2.24. The molecule has 3 rings (SSSR count). The van der Waals surface area contributed by atoms with Crippen LogP contribution >= 0.6 is 11.6 Å². The van der Waals surface area contributed by atoms with Crippen LogP contribution in [-0.2, 0) is 11.3 Å². The number of rotatable bonds is 8. The number of hydrogen-bond acceptors (Lipinski definition) is 6. The zero-order valence-corrected chi connectivity index (χ0v) is 16.9. The molecule has 0 fully saturated rings. The Balaban J connectivity index is 1.84. The summed E-state index contributed by atoms with van der Waals surface area (Å²) in [4.78, 5) is 34.4. The van der Waals surface area contributed by atoms with Crippen LogP contribution in [0.2, 0.25) is 5.02 Å². The third kappa shape index (κ3) is 5.58. The number of halogens is 3. The van der Waals surface area contributed by atoms with Crippen LogP contribution in [0.25, 0.3) is 11.1 Å². The van der Waals surface area contributed by atoms with Crippen molar-refractivity contribution in [1.82, 2.24) is 15.6 Å². The van der Waals surface area contributed by atoms with Crippen molar-refractivity contribution in [2.24, 2.45) is 0 Å². The molecule has 0 saturated heterocycles. The largest absolute Gasteiger partial charge is 0.479 e. The van der Waals surface area contributed by atoms with E-state index in [-0.39, 0.29) is 28.3 Å². The minimum absolute atomic E-state index is 0.00426. The normalized spacial score (nSPS) is 12.0. The maximum atomic E-state index is 14.7. The monoisotopic (exact) mass is 467 g/mol. The SMILES string of the molecule is O=C(NN(Cc1ccc(-c2cc(Cl)ccc2F)cc1F)CC(O)C(=O)O)c1cc(=O)[nH]o1. The number of carbonyl (C=O) groups is 2. The zero-order chi connectivity index (χ0) is 23.4. The molecule has 9 nitrogen and oxygen atoms in total. The van der Waals surface area contributed by atoms with Crippen LogP contribution in [0.1, 0.15) is 16.1 Å². The number of benzene rings is 2. The molecule has 0 aliphatic carbocycles. The number of amides is 1. The molecule has 32 heavy (non-hydrogen) atoms. The Hall–Kier alpha value is -3.54. The van der Waals surface area contributed by atoms with Gasteiger partial charge in [-0.25, -0.2) is 18.6 Å². The number of carboxylic acids is 1. The first-order chi connectivity index (χ1) is 15.1. The van der Waals surface area contributed by atoms with Gasteiger partial charge in [0, 0.05) is 22.7 Å². The van der Waals surface area contributed by atoms with Crippen molar-refractivity contribution in [1.29, 1.82) is 0 Å². The molecule has 12 heteroatoms. The first kappa shape index (κ1) is 23.1. The lowest BCUT2D eigenvalue weighted by atomic mass is 10.0. The average Bonchev–Trinajstić information content (AvgIpc) is 3.17. The van der Waals surface area contributed by atoms with Gasteiger partial charge in [0.15, 0.2) is 6.10 Å². The van der Waals surface area contributed by atoms with Crippen molar-refractivity contribution in [3.8, 4) is 11.1 Å². The number of carboxylic acid groups (broad SMARTS) is 1. The Morgan fingerprint density at radius 2 is 1.91 bits per heavy atom. The van der Waals surface area contributed by atoms with E-state index in [1.165, 1.54) is 24.3 Å². The van der Waals surface area contributed by atoms with Gasteiger partial charge in [-0.2, -0.15) is 5.16 Å². The summed E-state index contributed by atoms with van der Waals surface area (Å²) in [6.45, 7) is -0.977. The average molecular weight is 468 g/mol. The van der Waals surface area contributed by atoms with Crippen LogP contribution in [0.3, 0.4) is 0 Å². The lowest BCUT2D eigenvalue weighted by Crippen LogP contribution is -2.47. The molecule has 0 radical (unpaired) electrons. The molecule has 0 aliphatic heterocycles. The van der Waals surface area contributed by atoms with Gasteiger partial charge < -0.3 is 14.7 Å². The van der Waals surface area contributed by atoms with E-state index in [4.69, 9.17) is 16.7 Å². The van der Waals surface area contributed by atoms with Crippen molar-refractivity contribution >= 4 is 23.5 Å². The number of hydrazine groups is 1. The van der Waals surface area contributed by atoms with Gasteiger partial charge in [0.2, 0.25) is 5.76 Å². The van der Waals surface area contributed by atoms with Crippen LogP contribution in [0.4, 0.5) is 8.78 Å². The van der Waals surface area contributed by atoms with Gasteiger partial charge in [-0.3, -0.25) is 15.0 Å². The number of aliphatic carboxylic acids is 1. The Morgan fingerprint density at radius 1 is 1.16 bits per heavy atom. The van der Waals surface area contributed by atoms with E-state index >= 15 is 0 Å². The highest BCUT2D eigenvalue weighted by atomic mass is 35.5.